The second kappa shape index (κ2) is 10.8. The number of carboxylic acids is 2. The van der Waals surface area contributed by atoms with E-state index in [0.717, 1.165) is 0 Å². The standard InChI is InChI=1S/C10H12N2O4.2Na/c13-9(14)6-8(10(15)16)12-11-7-4-2-1-3-5-7;;/h1-5,8,11-12H,6H2,(H,13,14)(H,15,16);;/q;2*+1/p-2. The summed E-state index contributed by atoms with van der Waals surface area (Å²) in [6.07, 6.45) is -0.665. The van der Waals surface area contributed by atoms with Crippen LogP contribution in [-0.2, 0) is 9.59 Å². The van der Waals surface area contributed by atoms with Crippen LogP contribution in [0.4, 0.5) is 5.69 Å². The van der Waals surface area contributed by atoms with Gasteiger partial charge >= 0.3 is 59.1 Å². The summed E-state index contributed by atoms with van der Waals surface area (Å²) in [6, 6.07) is 7.33. The largest absolute Gasteiger partial charge is 1.00 e. The summed E-state index contributed by atoms with van der Waals surface area (Å²) in [4.78, 5) is 20.8. The first-order chi connectivity index (χ1) is 7.59. The first-order valence-electron chi connectivity index (χ1n) is 4.57. The quantitative estimate of drug-likeness (QED) is 0.392. The van der Waals surface area contributed by atoms with E-state index >= 15 is 0 Å². The third-order valence-corrected chi connectivity index (χ3v) is 1.82. The minimum atomic E-state index is -1.51. The minimum absolute atomic E-state index is 0. The molecule has 8 heteroatoms. The number of carbonyl (C=O) groups is 2. The van der Waals surface area contributed by atoms with Crippen LogP contribution in [0, 0.1) is 0 Å². The molecule has 1 unspecified atom stereocenters. The van der Waals surface area contributed by atoms with Crippen molar-refractivity contribution < 1.29 is 78.9 Å². The van der Waals surface area contributed by atoms with Crippen LogP contribution in [0.2, 0.25) is 0 Å². The Labute approximate surface area is 149 Å². The summed E-state index contributed by atoms with van der Waals surface area (Å²) in [5, 5.41) is 20.8. The average molecular weight is 268 g/mol. The zero-order valence-electron chi connectivity index (χ0n) is 10.3. The van der Waals surface area contributed by atoms with Crippen molar-refractivity contribution in [2.45, 2.75) is 12.5 Å². The molecule has 6 nitrogen and oxygen atoms in total. The van der Waals surface area contributed by atoms with Gasteiger partial charge in [-0.25, -0.2) is 5.43 Å². The maximum atomic E-state index is 10.6. The predicted molar refractivity (Wildman–Crippen MR) is 51.6 cm³/mol. The van der Waals surface area contributed by atoms with E-state index in [1.54, 1.807) is 30.3 Å². The Bertz CT molecular complexity index is 375. The van der Waals surface area contributed by atoms with E-state index < -0.39 is 24.4 Å². The van der Waals surface area contributed by atoms with Gasteiger partial charge in [0.15, 0.2) is 0 Å². The van der Waals surface area contributed by atoms with Gasteiger partial charge in [0.1, 0.15) is 0 Å². The number of aliphatic carboxylic acids is 2. The zero-order chi connectivity index (χ0) is 12.0. The number of anilines is 1. The first-order valence-corrected chi connectivity index (χ1v) is 4.57. The van der Waals surface area contributed by atoms with Crippen LogP contribution in [0.15, 0.2) is 30.3 Å². The molecule has 0 spiro atoms. The molecule has 0 saturated heterocycles. The summed E-state index contributed by atoms with van der Waals surface area (Å²) >= 11 is 0. The Balaban J connectivity index is 0. The van der Waals surface area contributed by atoms with Crippen LogP contribution in [0.5, 0.6) is 0 Å². The van der Waals surface area contributed by atoms with E-state index in [-0.39, 0.29) is 59.1 Å². The number of para-hydroxylation sites is 1. The van der Waals surface area contributed by atoms with E-state index in [2.05, 4.69) is 10.9 Å². The maximum absolute atomic E-state index is 10.6. The Hall–Kier alpha value is -0.0800. The number of hydrogen-bond acceptors (Lipinski definition) is 6. The second-order valence-electron chi connectivity index (χ2n) is 3.08. The summed E-state index contributed by atoms with van der Waals surface area (Å²) in [7, 11) is 0. The van der Waals surface area contributed by atoms with Gasteiger partial charge in [0, 0.05) is 18.1 Å². The first kappa shape index (κ1) is 20.2. The van der Waals surface area contributed by atoms with Gasteiger partial charge < -0.3 is 25.2 Å². The third kappa shape index (κ3) is 8.10. The molecule has 0 amide bonds. The normalized spacial score (nSPS) is 10.4. The number of nitrogens with one attached hydrogen (secondary N) is 2. The smallest absolute Gasteiger partial charge is 0.550 e. The topological polar surface area (TPSA) is 104 Å². The fourth-order valence-electron chi connectivity index (χ4n) is 1.05. The van der Waals surface area contributed by atoms with Gasteiger partial charge in [0.05, 0.1) is 12.0 Å². The van der Waals surface area contributed by atoms with Crippen LogP contribution in [-0.4, -0.2) is 18.0 Å². The summed E-state index contributed by atoms with van der Waals surface area (Å²) in [5.74, 6) is -2.97. The molecule has 1 rings (SSSR count). The Morgan fingerprint density at radius 3 is 2.11 bits per heavy atom. The molecule has 86 valence electrons. The molecule has 0 fully saturated rings. The number of hydrazine groups is 1. The molecule has 0 aliphatic rings. The van der Waals surface area contributed by atoms with Crippen molar-refractivity contribution in [3.8, 4) is 0 Å². The van der Waals surface area contributed by atoms with Gasteiger partial charge in [-0.1, -0.05) is 18.2 Å². The van der Waals surface area contributed by atoms with Crippen molar-refractivity contribution >= 4 is 17.6 Å². The SMILES string of the molecule is O=C([O-])CC(NNc1ccccc1)C(=O)[O-].[Na+].[Na+]. The van der Waals surface area contributed by atoms with Gasteiger partial charge in [-0.2, -0.15) is 0 Å². The fraction of sp³-hybridized carbons (Fsp3) is 0.200. The number of carboxylic acid groups (broad SMARTS) is 2. The van der Waals surface area contributed by atoms with E-state index in [9.17, 15) is 19.8 Å². The fourth-order valence-corrected chi connectivity index (χ4v) is 1.05. The van der Waals surface area contributed by atoms with E-state index in [1.807, 2.05) is 0 Å². The van der Waals surface area contributed by atoms with Crippen LogP contribution in [0.1, 0.15) is 6.42 Å². The van der Waals surface area contributed by atoms with Crippen molar-refractivity contribution in [3.63, 3.8) is 0 Å². The minimum Gasteiger partial charge on any atom is -0.550 e. The average Bonchev–Trinajstić information content (AvgIpc) is 2.25. The van der Waals surface area contributed by atoms with Crippen molar-refractivity contribution in [1.29, 1.82) is 0 Å². The van der Waals surface area contributed by atoms with Crippen molar-refractivity contribution in [1.82, 2.24) is 5.43 Å². The molecule has 0 radical (unpaired) electrons. The zero-order valence-corrected chi connectivity index (χ0v) is 14.3. The van der Waals surface area contributed by atoms with Crippen LogP contribution in [0.3, 0.4) is 0 Å². The van der Waals surface area contributed by atoms with Gasteiger partial charge in [0.25, 0.3) is 0 Å². The Kier molecular flexibility index (Phi) is 12.2. The molecule has 0 heterocycles. The third-order valence-electron chi connectivity index (χ3n) is 1.82. The molecule has 2 N–H and O–H groups in total. The second-order valence-corrected chi connectivity index (χ2v) is 3.08. The van der Waals surface area contributed by atoms with Crippen LogP contribution < -0.4 is 80.2 Å². The number of carbonyl (C=O) groups excluding carboxylic acids is 2. The predicted octanol–water partition coefficient (Wildman–Crippen LogP) is -8.13. The van der Waals surface area contributed by atoms with Crippen LogP contribution in [0.25, 0.3) is 0 Å². The van der Waals surface area contributed by atoms with Crippen molar-refractivity contribution in [2.75, 3.05) is 5.43 Å². The molecule has 18 heavy (non-hydrogen) atoms. The summed E-state index contributed by atoms with van der Waals surface area (Å²) < 4.78 is 0. The summed E-state index contributed by atoms with van der Waals surface area (Å²) in [5.41, 5.74) is 5.52. The Morgan fingerprint density at radius 1 is 1.11 bits per heavy atom. The summed E-state index contributed by atoms with van der Waals surface area (Å²) in [6.45, 7) is 0. The number of benzene rings is 1. The van der Waals surface area contributed by atoms with Crippen LogP contribution >= 0.6 is 0 Å². The van der Waals surface area contributed by atoms with Gasteiger partial charge in [0.2, 0.25) is 0 Å². The van der Waals surface area contributed by atoms with E-state index in [0.29, 0.717) is 5.69 Å². The monoisotopic (exact) mass is 268 g/mol. The molecule has 1 atom stereocenters. The number of rotatable bonds is 6. The molecule has 0 aromatic heterocycles. The van der Waals surface area contributed by atoms with Gasteiger partial charge in [-0.05, 0) is 12.1 Å². The molecular weight excluding hydrogens is 258 g/mol. The molecular formula is C10H10N2Na2O4. The molecule has 1 aromatic rings. The number of hydrogen-bond donors (Lipinski definition) is 2. The molecule has 0 aliphatic heterocycles. The molecule has 1 aromatic carbocycles. The van der Waals surface area contributed by atoms with Gasteiger partial charge in [-0.3, -0.25) is 0 Å². The molecule has 0 bridgehead atoms. The maximum Gasteiger partial charge on any atom is 1.00 e. The van der Waals surface area contributed by atoms with E-state index in [4.69, 9.17) is 0 Å². The van der Waals surface area contributed by atoms with Crippen molar-refractivity contribution in [3.05, 3.63) is 30.3 Å². The van der Waals surface area contributed by atoms with E-state index in [1.165, 1.54) is 0 Å². The molecule has 0 aliphatic carbocycles. The Morgan fingerprint density at radius 2 is 1.67 bits per heavy atom. The molecule has 0 saturated carbocycles. The van der Waals surface area contributed by atoms with Gasteiger partial charge in [-0.15, -0.1) is 0 Å². The van der Waals surface area contributed by atoms with Crippen molar-refractivity contribution in [2.24, 2.45) is 0 Å².